The van der Waals surface area contributed by atoms with Gasteiger partial charge in [-0.3, -0.25) is 0 Å². The molecule has 1 aromatic carbocycles. The minimum absolute atomic E-state index is 0.0639. The Morgan fingerprint density at radius 2 is 2.00 bits per heavy atom. The summed E-state index contributed by atoms with van der Waals surface area (Å²) in [5, 5.41) is 21.4. The fourth-order valence-corrected chi connectivity index (χ4v) is 2.11. The number of aliphatic hydroxyl groups excluding tert-OH is 1. The van der Waals surface area contributed by atoms with E-state index in [4.69, 9.17) is 4.42 Å². The van der Waals surface area contributed by atoms with Crippen molar-refractivity contribution in [2.24, 2.45) is 0 Å². The van der Waals surface area contributed by atoms with E-state index < -0.39 is 0 Å². The zero-order chi connectivity index (χ0) is 13.8. The Balaban J connectivity index is 1.91. The molecule has 2 heterocycles. The highest BCUT2D eigenvalue weighted by atomic mass is 16.3. The highest BCUT2D eigenvalue weighted by molar-refractivity contribution is 5.54. The Morgan fingerprint density at radius 1 is 1.15 bits per heavy atom. The van der Waals surface area contributed by atoms with Crippen LogP contribution in [-0.2, 0) is 6.42 Å². The zero-order valence-corrected chi connectivity index (χ0v) is 10.8. The van der Waals surface area contributed by atoms with Crippen LogP contribution in [0, 0.1) is 0 Å². The van der Waals surface area contributed by atoms with E-state index in [9.17, 15) is 5.11 Å². The standard InChI is InChI=1S/C14H14N4O2/c19-10-12(9-13-7-4-8-20-13)18-14(15-16-17-18)11-5-2-1-3-6-11/h1-8,12,19H,9-10H2. The first-order valence-corrected chi connectivity index (χ1v) is 6.35. The predicted molar refractivity (Wildman–Crippen MR) is 71.8 cm³/mol. The van der Waals surface area contributed by atoms with Gasteiger partial charge in [-0.1, -0.05) is 30.3 Å². The fraction of sp³-hybridized carbons (Fsp3) is 0.214. The monoisotopic (exact) mass is 270 g/mol. The van der Waals surface area contributed by atoms with Crippen LogP contribution >= 0.6 is 0 Å². The van der Waals surface area contributed by atoms with Crippen molar-refractivity contribution in [2.75, 3.05) is 6.61 Å². The summed E-state index contributed by atoms with van der Waals surface area (Å²) in [5.74, 6) is 1.43. The van der Waals surface area contributed by atoms with Crippen molar-refractivity contribution in [1.82, 2.24) is 20.2 Å². The Hall–Kier alpha value is -2.47. The number of rotatable bonds is 5. The van der Waals surface area contributed by atoms with Gasteiger partial charge in [0.25, 0.3) is 0 Å². The predicted octanol–water partition coefficient (Wildman–Crippen LogP) is 1.71. The van der Waals surface area contributed by atoms with Crippen LogP contribution in [0.25, 0.3) is 11.4 Å². The third kappa shape index (κ3) is 2.46. The van der Waals surface area contributed by atoms with Crippen LogP contribution in [0.3, 0.4) is 0 Å². The lowest BCUT2D eigenvalue weighted by atomic mass is 10.1. The Labute approximate surface area is 115 Å². The minimum Gasteiger partial charge on any atom is -0.469 e. The van der Waals surface area contributed by atoms with Crippen molar-refractivity contribution in [3.63, 3.8) is 0 Å². The van der Waals surface area contributed by atoms with Crippen LogP contribution in [0.1, 0.15) is 11.8 Å². The molecule has 1 atom stereocenters. The molecule has 0 bridgehead atoms. The minimum atomic E-state index is -0.258. The van der Waals surface area contributed by atoms with Crippen LogP contribution in [0.5, 0.6) is 0 Å². The third-order valence-corrected chi connectivity index (χ3v) is 3.10. The van der Waals surface area contributed by atoms with Crippen LogP contribution < -0.4 is 0 Å². The number of tetrazole rings is 1. The topological polar surface area (TPSA) is 77.0 Å². The van der Waals surface area contributed by atoms with Gasteiger partial charge in [-0.2, -0.15) is 0 Å². The normalized spacial score (nSPS) is 12.4. The Morgan fingerprint density at radius 3 is 2.70 bits per heavy atom. The van der Waals surface area contributed by atoms with Crippen molar-refractivity contribution in [3.8, 4) is 11.4 Å². The first kappa shape index (κ1) is 12.6. The molecule has 3 aromatic rings. The number of nitrogens with zero attached hydrogens (tertiary/aromatic N) is 4. The van der Waals surface area contributed by atoms with Crippen molar-refractivity contribution < 1.29 is 9.52 Å². The molecule has 0 amide bonds. The van der Waals surface area contributed by atoms with Gasteiger partial charge in [0.2, 0.25) is 0 Å². The third-order valence-electron chi connectivity index (χ3n) is 3.10. The van der Waals surface area contributed by atoms with Crippen LogP contribution in [0.2, 0.25) is 0 Å². The van der Waals surface area contributed by atoms with E-state index >= 15 is 0 Å². The molecule has 3 rings (SSSR count). The molecule has 20 heavy (non-hydrogen) atoms. The van der Waals surface area contributed by atoms with E-state index in [0.29, 0.717) is 12.2 Å². The van der Waals surface area contributed by atoms with E-state index in [2.05, 4.69) is 15.5 Å². The van der Waals surface area contributed by atoms with Gasteiger partial charge in [-0.25, -0.2) is 4.68 Å². The molecule has 0 spiro atoms. The summed E-state index contributed by atoms with van der Waals surface area (Å²) >= 11 is 0. The zero-order valence-electron chi connectivity index (χ0n) is 10.8. The van der Waals surface area contributed by atoms with Gasteiger partial charge in [0.1, 0.15) is 5.76 Å². The molecule has 0 aliphatic heterocycles. The largest absolute Gasteiger partial charge is 0.469 e. The quantitative estimate of drug-likeness (QED) is 0.763. The first-order valence-electron chi connectivity index (χ1n) is 6.35. The molecular formula is C14H14N4O2. The maximum Gasteiger partial charge on any atom is 0.182 e. The van der Waals surface area contributed by atoms with E-state index in [-0.39, 0.29) is 12.6 Å². The van der Waals surface area contributed by atoms with Crippen LogP contribution in [-0.4, -0.2) is 31.9 Å². The van der Waals surface area contributed by atoms with Gasteiger partial charge in [0, 0.05) is 12.0 Å². The Kier molecular flexibility index (Phi) is 3.56. The molecule has 0 aliphatic rings. The molecule has 102 valence electrons. The van der Waals surface area contributed by atoms with Crippen LogP contribution in [0.4, 0.5) is 0 Å². The summed E-state index contributed by atoms with van der Waals surface area (Å²) in [4.78, 5) is 0. The van der Waals surface area contributed by atoms with E-state index in [0.717, 1.165) is 11.3 Å². The maximum atomic E-state index is 9.61. The summed E-state index contributed by atoms with van der Waals surface area (Å²) in [6.45, 7) is -0.0639. The molecular weight excluding hydrogens is 256 g/mol. The number of hydrogen-bond acceptors (Lipinski definition) is 5. The smallest absolute Gasteiger partial charge is 0.182 e. The second kappa shape index (κ2) is 5.66. The molecule has 1 N–H and O–H groups in total. The lowest BCUT2D eigenvalue weighted by molar-refractivity contribution is 0.211. The van der Waals surface area contributed by atoms with E-state index in [1.807, 2.05) is 42.5 Å². The highest BCUT2D eigenvalue weighted by Crippen LogP contribution is 2.21. The second-order valence-corrected chi connectivity index (χ2v) is 4.43. The van der Waals surface area contributed by atoms with Gasteiger partial charge >= 0.3 is 0 Å². The number of furan rings is 1. The SMILES string of the molecule is OCC(Cc1ccco1)n1nnnc1-c1ccccc1. The van der Waals surface area contributed by atoms with Gasteiger partial charge < -0.3 is 9.52 Å². The maximum absolute atomic E-state index is 9.61. The second-order valence-electron chi connectivity index (χ2n) is 4.43. The molecule has 0 aliphatic carbocycles. The molecule has 0 saturated carbocycles. The molecule has 1 unspecified atom stereocenters. The van der Waals surface area contributed by atoms with E-state index in [1.165, 1.54) is 0 Å². The molecule has 6 heteroatoms. The summed E-state index contributed by atoms with van der Waals surface area (Å²) in [7, 11) is 0. The average Bonchev–Trinajstić information content (AvgIpc) is 3.17. The average molecular weight is 270 g/mol. The van der Waals surface area contributed by atoms with E-state index in [1.54, 1.807) is 10.9 Å². The summed E-state index contributed by atoms with van der Waals surface area (Å²) < 4.78 is 6.95. The first-order chi connectivity index (χ1) is 9.88. The highest BCUT2D eigenvalue weighted by Gasteiger charge is 2.19. The molecule has 0 radical (unpaired) electrons. The lowest BCUT2D eigenvalue weighted by Gasteiger charge is -2.14. The summed E-state index contributed by atoms with van der Waals surface area (Å²) in [6, 6.07) is 13.1. The van der Waals surface area contributed by atoms with Gasteiger partial charge in [-0.15, -0.1) is 5.10 Å². The fourth-order valence-electron chi connectivity index (χ4n) is 2.11. The Bertz CT molecular complexity index is 649. The van der Waals surface area contributed by atoms with Crippen molar-refractivity contribution >= 4 is 0 Å². The van der Waals surface area contributed by atoms with Crippen molar-refractivity contribution in [3.05, 3.63) is 54.5 Å². The van der Waals surface area contributed by atoms with Crippen molar-refractivity contribution in [1.29, 1.82) is 0 Å². The molecule has 0 fully saturated rings. The number of aromatic nitrogens is 4. The van der Waals surface area contributed by atoms with Gasteiger partial charge in [-0.05, 0) is 22.6 Å². The van der Waals surface area contributed by atoms with Gasteiger partial charge in [0.15, 0.2) is 5.82 Å². The molecule has 2 aromatic heterocycles. The number of benzene rings is 1. The number of aliphatic hydroxyl groups is 1. The molecule has 0 saturated heterocycles. The lowest BCUT2D eigenvalue weighted by Crippen LogP contribution is -2.18. The van der Waals surface area contributed by atoms with Gasteiger partial charge in [0.05, 0.1) is 18.9 Å². The number of hydrogen-bond donors (Lipinski definition) is 1. The molecule has 6 nitrogen and oxygen atoms in total. The summed E-state index contributed by atoms with van der Waals surface area (Å²) in [5.41, 5.74) is 0.912. The van der Waals surface area contributed by atoms with Crippen molar-refractivity contribution in [2.45, 2.75) is 12.5 Å². The van der Waals surface area contributed by atoms with Crippen LogP contribution in [0.15, 0.2) is 53.1 Å². The summed E-state index contributed by atoms with van der Waals surface area (Å²) in [6.07, 6.45) is 2.15.